The average molecular weight is 519 g/mol. The fourth-order valence-electron chi connectivity index (χ4n) is 3.30. The molecule has 7 amide bonds. The van der Waals surface area contributed by atoms with E-state index in [-0.39, 0.29) is 18.6 Å². The van der Waals surface area contributed by atoms with Crippen LogP contribution in [0.25, 0.3) is 0 Å². The molecule has 1 fully saturated rings. The molecule has 7 N–H and O–H groups in total. The van der Waals surface area contributed by atoms with Crippen molar-refractivity contribution in [3.63, 3.8) is 0 Å². The minimum atomic E-state index is -1.19. The maximum absolute atomic E-state index is 13.0. The zero-order valence-electron chi connectivity index (χ0n) is 20.5. The Kier molecular flexibility index (Phi) is 10.1. The number of hydrogen-bond donors (Lipinski definition) is 7. The summed E-state index contributed by atoms with van der Waals surface area (Å²) in [6.45, 7) is 4.18. The third-order valence-electron chi connectivity index (χ3n) is 5.51. The van der Waals surface area contributed by atoms with Gasteiger partial charge in [-0.05, 0) is 38.5 Å². The molecule has 1 saturated heterocycles. The van der Waals surface area contributed by atoms with E-state index in [1.165, 1.54) is 32.9 Å². The maximum Gasteiger partial charge on any atom is 0.249 e. The van der Waals surface area contributed by atoms with Gasteiger partial charge in [0.25, 0.3) is 0 Å². The molecule has 37 heavy (non-hydrogen) atoms. The number of imide groups is 1. The van der Waals surface area contributed by atoms with Crippen molar-refractivity contribution < 1.29 is 38.7 Å². The number of phenols is 1. The molecule has 1 aromatic rings. The Morgan fingerprint density at radius 3 is 2.05 bits per heavy atom. The number of aromatic hydroxyl groups is 1. The molecule has 0 aromatic heterocycles. The van der Waals surface area contributed by atoms with Gasteiger partial charge in [-0.15, -0.1) is 0 Å². The van der Waals surface area contributed by atoms with Crippen LogP contribution in [0.3, 0.4) is 0 Å². The van der Waals surface area contributed by atoms with Crippen LogP contribution in [-0.4, -0.2) is 77.2 Å². The van der Waals surface area contributed by atoms with E-state index in [1.807, 2.05) is 0 Å². The first-order valence-electron chi connectivity index (χ1n) is 11.4. The first kappa shape index (κ1) is 28.7. The zero-order valence-corrected chi connectivity index (χ0v) is 20.5. The molecule has 1 aromatic carbocycles. The Labute approximate surface area is 212 Å². The van der Waals surface area contributed by atoms with E-state index in [9.17, 15) is 38.7 Å². The van der Waals surface area contributed by atoms with Crippen LogP contribution < -0.4 is 31.9 Å². The van der Waals surface area contributed by atoms with Crippen molar-refractivity contribution in [1.29, 1.82) is 0 Å². The van der Waals surface area contributed by atoms with Crippen LogP contribution in [-0.2, 0) is 40.0 Å². The van der Waals surface area contributed by atoms with Crippen LogP contribution in [0.5, 0.6) is 5.75 Å². The van der Waals surface area contributed by atoms with Gasteiger partial charge >= 0.3 is 0 Å². The molecule has 2 rings (SSSR count). The summed E-state index contributed by atoms with van der Waals surface area (Å²) in [6.07, 6.45) is 0.117. The molecule has 0 bridgehead atoms. The third-order valence-corrected chi connectivity index (χ3v) is 5.51. The molecule has 14 heteroatoms. The Hall–Kier alpha value is -4.49. The minimum absolute atomic E-state index is 0.00268. The number of phenolic OH excluding ortho intramolecular Hbond substituents is 1. The second-order valence-corrected chi connectivity index (χ2v) is 8.58. The molecule has 1 aliphatic rings. The lowest BCUT2D eigenvalue weighted by Crippen LogP contribution is -2.57. The quantitative estimate of drug-likeness (QED) is 0.112. The molecule has 0 aliphatic carbocycles. The summed E-state index contributed by atoms with van der Waals surface area (Å²) < 4.78 is 0. The van der Waals surface area contributed by atoms with E-state index < -0.39 is 65.7 Å². The summed E-state index contributed by atoms with van der Waals surface area (Å²) in [5.74, 6) is -3.94. The standard InChI is InChI=1S/C23H30N6O8/c1-11(24-10-30)19(33)25-12(2)20(34)27-16(8-14-4-6-15(31)7-5-14)22(36)26-13(3)21(35)28-17-9-18(32)29-23(17)37/h4-7,10-13,16-17,31H,8-9H2,1-3H3,(H,24,30)(H,25,33)(H,26,36)(H,27,34)(H,28,35)(H,29,32,37)/t11-,12-,13-,16-,17-/m0/s1. The number of carbonyl (C=O) groups excluding carboxylic acids is 7. The molecule has 5 atom stereocenters. The van der Waals surface area contributed by atoms with Crippen molar-refractivity contribution >= 4 is 41.9 Å². The van der Waals surface area contributed by atoms with E-state index in [4.69, 9.17) is 0 Å². The highest BCUT2D eigenvalue weighted by molar-refractivity contribution is 6.07. The average Bonchev–Trinajstić information content (AvgIpc) is 3.15. The number of benzene rings is 1. The van der Waals surface area contributed by atoms with Crippen molar-refractivity contribution in [3.8, 4) is 5.75 Å². The van der Waals surface area contributed by atoms with Crippen molar-refractivity contribution in [3.05, 3.63) is 29.8 Å². The second kappa shape index (κ2) is 13.0. The fourth-order valence-corrected chi connectivity index (χ4v) is 3.30. The van der Waals surface area contributed by atoms with Gasteiger partial charge in [0.2, 0.25) is 41.9 Å². The van der Waals surface area contributed by atoms with Gasteiger partial charge in [-0.1, -0.05) is 12.1 Å². The lowest BCUT2D eigenvalue weighted by atomic mass is 10.0. The van der Waals surface area contributed by atoms with Gasteiger partial charge in [-0.3, -0.25) is 38.9 Å². The molecule has 0 saturated carbocycles. The second-order valence-electron chi connectivity index (χ2n) is 8.58. The molecule has 14 nitrogen and oxygen atoms in total. The van der Waals surface area contributed by atoms with Gasteiger partial charge in [0.1, 0.15) is 36.0 Å². The molecule has 0 unspecified atom stereocenters. The van der Waals surface area contributed by atoms with Crippen molar-refractivity contribution in [2.45, 2.75) is 63.8 Å². The lowest BCUT2D eigenvalue weighted by molar-refractivity contribution is -0.134. The SMILES string of the molecule is C[C@H](NC=O)C(=O)N[C@@H](C)C(=O)N[C@@H](Cc1ccc(O)cc1)C(=O)N[C@@H](C)C(=O)N[C@H]1CC(=O)NC1=O. The van der Waals surface area contributed by atoms with Crippen LogP contribution in [0.4, 0.5) is 0 Å². The molecule has 0 radical (unpaired) electrons. The number of amides is 7. The summed E-state index contributed by atoms with van der Waals surface area (Å²) in [7, 11) is 0. The largest absolute Gasteiger partial charge is 0.508 e. The number of nitrogens with one attached hydrogen (secondary N) is 6. The van der Waals surface area contributed by atoms with Crippen LogP contribution >= 0.6 is 0 Å². The summed E-state index contributed by atoms with van der Waals surface area (Å²) in [5, 5.41) is 23.6. The summed E-state index contributed by atoms with van der Waals surface area (Å²) in [4.78, 5) is 83.9. The normalized spacial score (nSPS) is 17.9. The minimum Gasteiger partial charge on any atom is -0.508 e. The number of rotatable bonds is 12. The van der Waals surface area contributed by atoms with Gasteiger partial charge in [0.15, 0.2) is 0 Å². The molecule has 1 heterocycles. The van der Waals surface area contributed by atoms with Gasteiger partial charge in [-0.25, -0.2) is 0 Å². The predicted octanol–water partition coefficient (Wildman–Crippen LogP) is -2.91. The van der Waals surface area contributed by atoms with Gasteiger partial charge < -0.3 is 31.7 Å². The maximum atomic E-state index is 13.0. The topological polar surface area (TPSA) is 212 Å². The Balaban J connectivity index is 2.08. The van der Waals surface area contributed by atoms with Gasteiger partial charge in [-0.2, -0.15) is 0 Å². The van der Waals surface area contributed by atoms with Gasteiger partial charge in [0, 0.05) is 6.42 Å². The lowest BCUT2D eigenvalue weighted by Gasteiger charge is -2.24. The van der Waals surface area contributed by atoms with Crippen molar-refractivity contribution in [2.75, 3.05) is 0 Å². The van der Waals surface area contributed by atoms with Crippen LogP contribution in [0.1, 0.15) is 32.8 Å². The van der Waals surface area contributed by atoms with Crippen LogP contribution in [0.15, 0.2) is 24.3 Å². The molecule has 200 valence electrons. The van der Waals surface area contributed by atoms with Crippen molar-refractivity contribution in [2.24, 2.45) is 0 Å². The Morgan fingerprint density at radius 2 is 1.49 bits per heavy atom. The summed E-state index contributed by atoms with van der Waals surface area (Å²) in [5.41, 5.74) is 0.581. The molecule has 1 aliphatic heterocycles. The summed E-state index contributed by atoms with van der Waals surface area (Å²) in [6, 6.07) is 0.583. The highest BCUT2D eigenvalue weighted by Gasteiger charge is 2.33. The Morgan fingerprint density at radius 1 is 0.919 bits per heavy atom. The van der Waals surface area contributed by atoms with Crippen molar-refractivity contribution in [1.82, 2.24) is 31.9 Å². The number of hydrogen-bond acceptors (Lipinski definition) is 8. The van der Waals surface area contributed by atoms with E-state index >= 15 is 0 Å². The van der Waals surface area contributed by atoms with E-state index in [0.29, 0.717) is 12.0 Å². The Bertz CT molecular complexity index is 1060. The van der Waals surface area contributed by atoms with E-state index in [1.54, 1.807) is 12.1 Å². The molecular weight excluding hydrogens is 488 g/mol. The highest BCUT2D eigenvalue weighted by atomic mass is 16.3. The van der Waals surface area contributed by atoms with Gasteiger partial charge in [0.05, 0.1) is 6.42 Å². The third kappa shape index (κ3) is 8.59. The zero-order chi connectivity index (χ0) is 27.7. The fraction of sp³-hybridized carbons (Fsp3) is 0.435. The number of carbonyl (C=O) groups is 7. The highest BCUT2D eigenvalue weighted by Crippen LogP contribution is 2.12. The first-order chi connectivity index (χ1) is 17.4. The predicted molar refractivity (Wildman–Crippen MR) is 127 cm³/mol. The molecular formula is C23H30N6O8. The smallest absolute Gasteiger partial charge is 0.249 e. The first-order valence-corrected chi connectivity index (χ1v) is 11.4. The van der Waals surface area contributed by atoms with Crippen LogP contribution in [0, 0.1) is 0 Å². The monoisotopic (exact) mass is 518 g/mol. The van der Waals surface area contributed by atoms with E-state index in [2.05, 4.69) is 31.9 Å². The van der Waals surface area contributed by atoms with E-state index in [0.717, 1.165) is 0 Å². The summed E-state index contributed by atoms with van der Waals surface area (Å²) >= 11 is 0. The van der Waals surface area contributed by atoms with Crippen LogP contribution in [0.2, 0.25) is 0 Å². The molecule has 0 spiro atoms.